The molecule has 0 fully saturated rings. The van der Waals surface area contributed by atoms with E-state index in [0.29, 0.717) is 16.4 Å². The van der Waals surface area contributed by atoms with Crippen LogP contribution in [0.3, 0.4) is 0 Å². The molecule has 0 bridgehead atoms. The lowest BCUT2D eigenvalue weighted by atomic mass is 10.2. The van der Waals surface area contributed by atoms with Crippen LogP contribution in [0.4, 0.5) is 11.5 Å². The average molecular weight is 327 g/mol. The lowest BCUT2D eigenvalue weighted by Crippen LogP contribution is -1.95. The van der Waals surface area contributed by atoms with Crippen molar-refractivity contribution in [2.45, 2.75) is 0 Å². The highest BCUT2D eigenvalue weighted by Crippen LogP contribution is 2.20. The van der Waals surface area contributed by atoms with Crippen molar-refractivity contribution in [2.75, 3.05) is 5.43 Å². The van der Waals surface area contributed by atoms with Gasteiger partial charge in [-0.15, -0.1) is 0 Å². The largest absolute Gasteiger partial charge is 0.270 e. The van der Waals surface area contributed by atoms with E-state index in [9.17, 15) is 10.1 Å². The number of nitro benzene ring substituents is 1. The maximum absolute atomic E-state index is 10.8. The third-order valence-electron chi connectivity index (χ3n) is 3.17. The number of anilines is 1. The molecule has 3 rings (SSSR count). The first-order valence-electron chi connectivity index (χ1n) is 6.72. The van der Waals surface area contributed by atoms with E-state index in [-0.39, 0.29) is 5.69 Å². The molecule has 0 aliphatic carbocycles. The van der Waals surface area contributed by atoms with Crippen LogP contribution in [-0.4, -0.2) is 16.1 Å². The number of non-ortho nitro benzene ring substituents is 1. The van der Waals surface area contributed by atoms with E-state index in [0.717, 1.165) is 10.9 Å². The van der Waals surface area contributed by atoms with E-state index < -0.39 is 4.92 Å². The molecule has 3 aromatic rings. The third-order valence-corrected chi connectivity index (χ3v) is 3.52. The lowest BCUT2D eigenvalue weighted by molar-refractivity contribution is -0.384. The van der Waals surface area contributed by atoms with E-state index in [1.54, 1.807) is 6.07 Å². The molecule has 1 heterocycles. The number of hydrazone groups is 1. The smallest absolute Gasteiger partial charge is 0.261 e. The van der Waals surface area contributed by atoms with Crippen LogP contribution in [0, 0.1) is 10.1 Å². The quantitative estimate of drug-likeness (QED) is 0.441. The van der Waals surface area contributed by atoms with Crippen LogP contribution in [0.25, 0.3) is 10.9 Å². The molecule has 0 amide bonds. The standard InChI is InChI=1S/C16H11ClN4O2/c17-14-7-6-13(21(22)23)9-12(14)10-18-20-16-8-5-11-3-1-2-4-15(11)19-16/h1-10H,(H,19,20)/b18-10+. The summed E-state index contributed by atoms with van der Waals surface area (Å²) in [7, 11) is 0. The van der Waals surface area contributed by atoms with E-state index >= 15 is 0 Å². The Morgan fingerprint density at radius 1 is 1.17 bits per heavy atom. The van der Waals surface area contributed by atoms with E-state index in [4.69, 9.17) is 11.6 Å². The molecular weight excluding hydrogens is 316 g/mol. The van der Waals surface area contributed by atoms with Crippen molar-refractivity contribution in [3.8, 4) is 0 Å². The molecule has 0 unspecified atom stereocenters. The summed E-state index contributed by atoms with van der Waals surface area (Å²) in [6, 6.07) is 15.6. The fraction of sp³-hybridized carbons (Fsp3) is 0. The molecular formula is C16H11ClN4O2. The summed E-state index contributed by atoms with van der Waals surface area (Å²) < 4.78 is 0. The van der Waals surface area contributed by atoms with Gasteiger partial charge in [0.15, 0.2) is 0 Å². The van der Waals surface area contributed by atoms with Gasteiger partial charge in [-0.3, -0.25) is 15.5 Å². The minimum atomic E-state index is -0.480. The van der Waals surface area contributed by atoms with Crippen molar-refractivity contribution < 1.29 is 4.92 Å². The third kappa shape index (κ3) is 3.44. The number of aromatic nitrogens is 1. The fourth-order valence-corrected chi connectivity index (χ4v) is 2.21. The highest BCUT2D eigenvalue weighted by atomic mass is 35.5. The van der Waals surface area contributed by atoms with Gasteiger partial charge in [-0.2, -0.15) is 5.10 Å². The van der Waals surface area contributed by atoms with Gasteiger partial charge in [-0.1, -0.05) is 29.8 Å². The zero-order valence-corrected chi connectivity index (χ0v) is 12.6. The first kappa shape index (κ1) is 14.9. The Bertz CT molecular complexity index is 911. The Labute approximate surface area is 136 Å². The topological polar surface area (TPSA) is 80.4 Å². The Hall–Kier alpha value is -2.99. The van der Waals surface area contributed by atoms with Gasteiger partial charge in [0, 0.05) is 28.1 Å². The first-order valence-corrected chi connectivity index (χ1v) is 7.10. The minimum absolute atomic E-state index is 0.0420. The van der Waals surface area contributed by atoms with E-state index in [1.165, 1.54) is 24.4 Å². The molecule has 0 aliphatic heterocycles. The summed E-state index contributed by atoms with van der Waals surface area (Å²) in [6.07, 6.45) is 1.42. The maximum Gasteiger partial charge on any atom is 0.270 e. The zero-order chi connectivity index (χ0) is 16.2. The normalized spacial score (nSPS) is 11.0. The molecule has 23 heavy (non-hydrogen) atoms. The Kier molecular flexibility index (Phi) is 4.16. The number of rotatable bonds is 4. The van der Waals surface area contributed by atoms with Crippen molar-refractivity contribution in [1.29, 1.82) is 0 Å². The van der Waals surface area contributed by atoms with Crippen molar-refractivity contribution in [1.82, 2.24) is 4.98 Å². The molecule has 0 radical (unpaired) electrons. The maximum atomic E-state index is 10.8. The number of fused-ring (bicyclic) bond motifs is 1. The molecule has 0 spiro atoms. The predicted octanol–water partition coefficient (Wildman–Crippen LogP) is 4.24. The molecule has 6 nitrogen and oxygen atoms in total. The van der Waals surface area contributed by atoms with Gasteiger partial charge in [0.05, 0.1) is 16.7 Å². The summed E-state index contributed by atoms with van der Waals surface area (Å²) in [5, 5.41) is 16.2. The van der Waals surface area contributed by atoms with Gasteiger partial charge in [-0.25, -0.2) is 4.98 Å². The molecule has 0 saturated heterocycles. The number of hydrogen-bond acceptors (Lipinski definition) is 5. The number of nitrogens with zero attached hydrogens (tertiary/aromatic N) is 3. The summed E-state index contributed by atoms with van der Waals surface area (Å²) >= 11 is 6.00. The van der Waals surface area contributed by atoms with Crippen molar-refractivity contribution in [3.63, 3.8) is 0 Å². The molecule has 0 atom stereocenters. The van der Waals surface area contributed by atoms with Gasteiger partial charge in [0.25, 0.3) is 5.69 Å². The second-order valence-corrected chi connectivity index (χ2v) is 5.13. The first-order chi connectivity index (χ1) is 11.1. The second kappa shape index (κ2) is 6.41. The number of nitrogens with one attached hydrogen (secondary N) is 1. The molecule has 0 saturated carbocycles. The van der Waals surface area contributed by atoms with Crippen molar-refractivity contribution in [2.24, 2.45) is 5.10 Å². The average Bonchev–Trinajstić information content (AvgIpc) is 2.56. The number of benzene rings is 2. The summed E-state index contributed by atoms with van der Waals surface area (Å²) in [6.45, 7) is 0. The molecule has 114 valence electrons. The van der Waals surface area contributed by atoms with E-state index in [2.05, 4.69) is 15.5 Å². The molecule has 0 aliphatic rings. The Morgan fingerprint density at radius 3 is 2.83 bits per heavy atom. The number of pyridine rings is 1. The van der Waals surface area contributed by atoms with Gasteiger partial charge in [0.2, 0.25) is 0 Å². The highest BCUT2D eigenvalue weighted by Gasteiger charge is 2.08. The minimum Gasteiger partial charge on any atom is -0.261 e. The summed E-state index contributed by atoms with van der Waals surface area (Å²) in [4.78, 5) is 14.7. The van der Waals surface area contributed by atoms with Gasteiger partial charge in [-0.05, 0) is 24.3 Å². The van der Waals surface area contributed by atoms with Crippen LogP contribution in [0.2, 0.25) is 5.02 Å². The van der Waals surface area contributed by atoms with Crippen LogP contribution in [0.1, 0.15) is 5.56 Å². The molecule has 2 aromatic carbocycles. The highest BCUT2D eigenvalue weighted by molar-refractivity contribution is 6.33. The van der Waals surface area contributed by atoms with Gasteiger partial charge in [0.1, 0.15) is 5.82 Å². The van der Waals surface area contributed by atoms with Crippen LogP contribution < -0.4 is 5.43 Å². The number of halogens is 1. The van der Waals surface area contributed by atoms with Crippen molar-refractivity contribution in [3.05, 3.63) is 75.3 Å². The Balaban J connectivity index is 1.80. The molecule has 1 aromatic heterocycles. The van der Waals surface area contributed by atoms with Gasteiger partial charge >= 0.3 is 0 Å². The number of nitro groups is 1. The van der Waals surface area contributed by atoms with Crippen LogP contribution in [0.5, 0.6) is 0 Å². The summed E-state index contributed by atoms with van der Waals surface area (Å²) in [5.41, 5.74) is 4.05. The molecule has 7 heteroatoms. The second-order valence-electron chi connectivity index (χ2n) is 4.72. The van der Waals surface area contributed by atoms with Crippen LogP contribution in [0.15, 0.2) is 59.7 Å². The van der Waals surface area contributed by atoms with E-state index in [1.807, 2.05) is 30.3 Å². The lowest BCUT2D eigenvalue weighted by Gasteiger charge is -2.02. The molecule has 1 N–H and O–H groups in total. The fourth-order valence-electron chi connectivity index (χ4n) is 2.04. The number of hydrogen-bond donors (Lipinski definition) is 1. The van der Waals surface area contributed by atoms with Crippen LogP contribution >= 0.6 is 11.6 Å². The number of para-hydroxylation sites is 1. The summed E-state index contributed by atoms with van der Waals surface area (Å²) in [5.74, 6) is 0.571. The monoisotopic (exact) mass is 326 g/mol. The Morgan fingerprint density at radius 2 is 2.00 bits per heavy atom. The van der Waals surface area contributed by atoms with Crippen molar-refractivity contribution >= 4 is 40.2 Å². The van der Waals surface area contributed by atoms with Crippen LogP contribution in [-0.2, 0) is 0 Å². The van der Waals surface area contributed by atoms with Gasteiger partial charge < -0.3 is 0 Å². The zero-order valence-electron chi connectivity index (χ0n) is 11.8. The predicted molar refractivity (Wildman–Crippen MR) is 91.1 cm³/mol. The SMILES string of the molecule is O=[N+]([O-])c1ccc(Cl)c(/C=N/Nc2ccc3ccccc3n2)c1.